The van der Waals surface area contributed by atoms with Crippen molar-refractivity contribution < 1.29 is 0 Å². The molecule has 0 spiro atoms. The van der Waals surface area contributed by atoms with Gasteiger partial charge in [0.15, 0.2) is 0 Å². The van der Waals surface area contributed by atoms with Crippen LogP contribution >= 0.6 is 34.8 Å². The first kappa shape index (κ1) is 15.6. The summed E-state index contributed by atoms with van der Waals surface area (Å²) in [6.45, 7) is 2.90. The molecule has 5 heteroatoms. The van der Waals surface area contributed by atoms with Crippen LogP contribution in [-0.2, 0) is 6.42 Å². The Labute approximate surface area is 134 Å². The molecule has 0 fully saturated rings. The number of pyridine rings is 1. The zero-order chi connectivity index (χ0) is 14.5. The number of aromatic nitrogens is 1. The van der Waals surface area contributed by atoms with Gasteiger partial charge in [-0.3, -0.25) is 4.98 Å². The summed E-state index contributed by atoms with van der Waals surface area (Å²) in [5.74, 6) is 0. The van der Waals surface area contributed by atoms with Crippen LogP contribution in [0.15, 0.2) is 36.7 Å². The molecule has 1 unspecified atom stereocenters. The van der Waals surface area contributed by atoms with Crippen LogP contribution in [0.25, 0.3) is 0 Å². The molecule has 0 saturated carbocycles. The van der Waals surface area contributed by atoms with Crippen LogP contribution in [0.3, 0.4) is 0 Å². The Hall–Kier alpha value is -0.800. The van der Waals surface area contributed by atoms with E-state index in [4.69, 9.17) is 34.8 Å². The average molecular weight is 330 g/mol. The molecule has 2 rings (SSSR count). The quantitative estimate of drug-likeness (QED) is 0.786. The van der Waals surface area contributed by atoms with E-state index in [2.05, 4.69) is 17.2 Å². The molecule has 1 aromatic carbocycles. The SMILES string of the molecule is CC(NCCc1ccncc1)c1ccc(Cl)c(Cl)c1Cl. The Kier molecular flexibility index (Phi) is 5.67. The van der Waals surface area contributed by atoms with Crippen LogP contribution in [0.1, 0.15) is 24.1 Å². The van der Waals surface area contributed by atoms with Crippen molar-refractivity contribution in [2.75, 3.05) is 6.54 Å². The molecule has 1 atom stereocenters. The summed E-state index contributed by atoms with van der Waals surface area (Å²) in [6.07, 6.45) is 4.54. The minimum Gasteiger partial charge on any atom is -0.310 e. The Morgan fingerprint density at radius 3 is 2.45 bits per heavy atom. The van der Waals surface area contributed by atoms with E-state index >= 15 is 0 Å². The van der Waals surface area contributed by atoms with E-state index in [0.29, 0.717) is 15.1 Å². The molecule has 0 bridgehead atoms. The molecule has 2 aromatic rings. The monoisotopic (exact) mass is 328 g/mol. The number of halogens is 3. The van der Waals surface area contributed by atoms with Crippen molar-refractivity contribution >= 4 is 34.8 Å². The molecule has 0 aliphatic carbocycles. The predicted octanol–water partition coefficient (Wildman–Crippen LogP) is 4.94. The van der Waals surface area contributed by atoms with Gasteiger partial charge in [-0.25, -0.2) is 0 Å². The highest BCUT2D eigenvalue weighted by Crippen LogP contribution is 2.35. The molecule has 0 aliphatic heterocycles. The van der Waals surface area contributed by atoms with Crippen LogP contribution in [0.4, 0.5) is 0 Å². The highest BCUT2D eigenvalue weighted by atomic mass is 35.5. The van der Waals surface area contributed by atoms with Crippen LogP contribution in [-0.4, -0.2) is 11.5 Å². The summed E-state index contributed by atoms with van der Waals surface area (Å²) >= 11 is 18.2. The summed E-state index contributed by atoms with van der Waals surface area (Å²) < 4.78 is 0. The van der Waals surface area contributed by atoms with Gasteiger partial charge in [0.05, 0.1) is 15.1 Å². The van der Waals surface area contributed by atoms with E-state index < -0.39 is 0 Å². The second kappa shape index (κ2) is 7.28. The van der Waals surface area contributed by atoms with Crippen LogP contribution < -0.4 is 5.32 Å². The first-order chi connectivity index (χ1) is 9.59. The first-order valence-corrected chi connectivity index (χ1v) is 7.48. The summed E-state index contributed by atoms with van der Waals surface area (Å²) in [6, 6.07) is 7.81. The van der Waals surface area contributed by atoms with Gasteiger partial charge in [0, 0.05) is 18.4 Å². The fourth-order valence-electron chi connectivity index (χ4n) is 1.97. The lowest BCUT2D eigenvalue weighted by Gasteiger charge is -2.17. The zero-order valence-electron chi connectivity index (χ0n) is 11.0. The fraction of sp³-hybridized carbons (Fsp3) is 0.267. The molecule has 1 heterocycles. The number of benzene rings is 1. The Balaban J connectivity index is 1.95. The van der Waals surface area contributed by atoms with E-state index in [9.17, 15) is 0 Å². The van der Waals surface area contributed by atoms with E-state index in [1.807, 2.05) is 18.2 Å². The Morgan fingerprint density at radius 2 is 1.75 bits per heavy atom. The number of rotatable bonds is 5. The van der Waals surface area contributed by atoms with E-state index in [1.54, 1.807) is 18.5 Å². The topological polar surface area (TPSA) is 24.9 Å². The van der Waals surface area contributed by atoms with Crippen LogP contribution in [0.5, 0.6) is 0 Å². The Bertz CT molecular complexity index is 573. The third-order valence-electron chi connectivity index (χ3n) is 3.15. The lowest BCUT2D eigenvalue weighted by atomic mass is 10.1. The smallest absolute Gasteiger partial charge is 0.0781 e. The van der Waals surface area contributed by atoms with Crippen molar-refractivity contribution in [2.24, 2.45) is 0 Å². The third-order valence-corrected chi connectivity index (χ3v) is 4.45. The minimum atomic E-state index is 0.110. The maximum Gasteiger partial charge on any atom is 0.0781 e. The fourth-order valence-corrected chi connectivity index (χ4v) is 2.67. The first-order valence-electron chi connectivity index (χ1n) is 6.35. The highest BCUT2D eigenvalue weighted by molar-refractivity contribution is 6.48. The molecule has 1 N–H and O–H groups in total. The largest absolute Gasteiger partial charge is 0.310 e. The summed E-state index contributed by atoms with van der Waals surface area (Å²) in [4.78, 5) is 4.00. The minimum absolute atomic E-state index is 0.110. The molecule has 20 heavy (non-hydrogen) atoms. The number of hydrogen-bond acceptors (Lipinski definition) is 2. The standard InChI is InChI=1S/C15H15Cl3N2/c1-10(12-2-3-13(16)15(18)14(12)17)20-9-6-11-4-7-19-8-5-11/h2-5,7-8,10,20H,6,9H2,1H3. The van der Waals surface area contributed by atoms with Gasteiger partial charge in [0.1, 0.15) is 0 Å². The number of nitrogens with one attached hydrogen (secondary N) is 1. The number of hydrogen-bond donors (Lipinski definition) is 1. The van der Waals surface area contributed by atoms with E-state index in [0.717, 1.165) is 18.5 Å². The van der Waals surface area contributed by atoms with Gasteiger partial charge in [0.2, 0.25) is 0 Å². The van der Waals surface area contributed by atoms with Crippen molar-refractivity contribution in [1.29, 1.82) is 0 Å². The van der Waals surface area contributed by atoms with Crippen molar-refractivity contribution in [1.82, 2.24) is 10.3 Å². The molecule has 1 aromatic heterocycles. The molecular formula is C15H15Cl3N2. The molecule has 106 valence electrons. The van der Waals surface area contributed by atoms with Crippen LogP contribution in [0.2, 0.25) is 15.1 Å². The Morgan fingerprint density at radius 1 is 1.05 bits per heavy atom. The van der Waals surface area contributed by atoms with Gasteiger partial charge in [-0.15, -0.1) is 0 Å². The van der Waals surface area contributed by atoms with Crippen molar-refractivity contribution in [2.45, 2.75) is 19.4 Å². The highest BCUT2D eigenvalue weighted by Gasteiger charge is 2.13. The van der Waals surface area contributed by atoms with Gasteiger partial charge in [0.25, 0.3) is 0 Å². The third kappa shape index (κ3) is 3.86. The van der Waals surface area contributed by atoms with Gasteiger partial charge in [-0.05, 0) is 49.2 Å². The number of nitrogens with zero attached hydrogens (tertiary/aromatic N) is 1. The second-order valence-electron chi connectivity index (χ2n) is 4.55. The lowest BCUT2D eigenvalue weighted by Crippen LogP contribution is -2.21. The summed E-state index contributed by atoms with van der Waals surface area (Å²) in [5, 5.41) is 4.83. The van der Waals surface area contributed by atoms with Gasteiger partial charge < -0.3 is 5.32 Å². The molecule has 0 amide bonds. The van der Waals surface area contributed by atoms with Crippen molar-refractivity contribution in [3.63, 3.8) is 0 Å². The summed E-state index contributed by atoms with van der Waals surface area (Å²) in [7, 11) is 0. The molecular weight excluding hydrogens is 315 g/mol. The average Bonchev–Trinajstić information content (AvgIpc) is 2.46. The van der Waals surface area contributed by atoms with Crippen molar-refractivity contribution in [3.05, 3.63) is 62.9 Å². The zero-order valence-corrected chi connectivity index (χ0v) is 13.3. The van der Waals surface area contributed by atoms with Gasteiger partial charge in [-0.2, -0.15) is 0 Å². The maximum absolute atomic E-state index is 6.22. The predicted molar refractivity (Wildman–Crippen MR) is 85.8 cm³/mol. The van der Waals surface area contributed by atoms with Crippen LogP contribution in [0, 0.1) is 0 Å². The summed E-state index contributed by atoms with van der Waals surface area (Å²) in [5.41, 5.74) is 2.20. The molecule has 0 aliphatic rings. The van der Waals surface area contributed by atoms with Gasteiger partial charge in [-0.1, -0.05) is 40.9 Å². The normalized spacial score (nSPS) is 12.4. The van der Waals surface area contributed by atoms with E-state index in [-0.39, 0.29) is 6.04 Å². The molecule has 2 nitrogen and oxygen atoms in total. The molecule has 0 radical (unpaired) electrons. The van der Waals surface area contributed by atoms with E-state index in [1.165, 1.54) is 5.56 Å². The maximum atomic E-state index is 6.22. The van der Waals surface area contributed by atoms with Crippen molar-refractivity contribution in [3.8, 4) is 0 Å². The lowest BCUT2D eigenvalue weighted by molar-refractivity contribution is 0.577. The molecule has 0 saturated heterocycles. The van der Waals surface area contributed by atoms with Gasteiger partial charge >= 0.3 is 0 Å². The second-order valence-corrected chi connectivity index (χ2v) is 5.71.